The van der Waals surface area contributed by atoms with Crippen molar-refractivity contribution in [1.82, 2.24) is 16.0 Å². The molecule has 3 amide bonds. The van der Waals surface area contributed by atoms with Crippen molar-refractivity contribution < 1.29 is 27.6 Å². The molecule has 3 rings (SSSR count). The number of anilines is 1. The number of halogens is 3. The van der Waals surface area contributed by atoms with Crippen LogP contribution >= 0.6 is 11.8 Å². The van der Waals surface area contributed by atoms with E-state index < -0.39 is 11.7 Å². The maximum atomic E-state index is 12.9. The maximum Gasteiger partial charge on any atom is 0.416 e. The van der Waals surface area contributed by atoms with Crippen LogP contribution in [0.15, 0.2) is 18.2 Å². The van der Waals surface area contributed by atoms with Crippen LogP contribution in [0.5, 0.6) is 0 Å². The Bertz CT molecular complexity index is 915. The average molecular weight is 529 g/mol. The van der Waals surface area contributed by atoms with Crippen molar-refractivity contribution in [2.24, 2.45) is 5.92 Å². The average Bonchev–Trinajstić information content (AvgIpc) is 3.35. The Morgan fingerprint density at radius 1 is 1.19 bits per heavy atom. The fourth-order valence-electron chi connectivity index (χ4n) is 4.68. The molecule has 0 bridgehead atoms. The topological polar surface area (TPSA) is 99.3 Å². The van der Waals surface area contributed by atoms with Gasteiger partial charge in [-0.25, -0.2) is 4.79 Å². The van der Waals surface area contributed by atoms with E-state index in [1.54, 1.807) is 6.92 Å². The molecular weight excluding hydrogens is 493 g/mol. The van der Waals surface area contributed by atoms with Crippen molar-refractivity contribution in [1.29, 1.82) is 0 Å². The standard InChI is InChI=1S/C25H35F3N4O3S/c1-16-10-18(25(26,27)28)12-19(11-16)30-22(34)8-3-2-4-9-29-13-17(14-33)6-5-7-21-23-20(15-36-21)31-24(35)32-23/h10-12,14,17,20-21,23,29H,2-9,13,15H2,1H3,(H,30,34)(H2,31,32,35). The van der Waals surface area contributed by atoms with Gasteiger partial charge >= 0.3 is 12.2 Å². The Morgan fingerprint density at radius 2 is 2.00 bits per heavy atom. The minimum atomic E-state index is -4.45. The Balaban J connectivity index is 1.23. The molecule has 0 spiro atoms. The Hall–Kier alpha value is -2.27. The molecule has 4 N–H and O–H groups in total. The third kappa shape index (κ3) is 8.69. The van der Waals surface area contributed by atoms with Crippen molar-refractivity contribution in [3.63, 3.8) is 0 Å². The highest BCUT2D eigenvalue weighted by Gasteiger charge is 2.42. The molecule has 7 nitrogen and oxygen atoms in total. The highest BCUT2D eigenvalue weighted by molar-refractivity contribution is 8.00. The lowest BCUT2D eigenvalue weighted by atomic mass is 9.99. The fraction of sp³-hybridized carbons (Fsp3) is 0.640. The molecular formula is C25H35F3N4O3S. The molecule has 2 aliphatic heterocycles. The first-order chi connectivity index (χ1) is 17.2. The van der Waals surface area contributed by atoms with Gasteiger partial charge in [0.15, 0.2) is 0 Å². The number of carbonyl (C=O) groups is 3. The fourth-order valence-corrected chi connectivity index (χ4v) is 6.23. The van der Waals surface area contributed by atoms with Gasteiger partial charge in [-0.15, -0.1) is 0 Å². The van der Waals surface area contributed by atoms with E-state index in [4.69, 9.17) is 0 Å². The molecule has 4 unspecified atom stereocenters. The summed E-state index contributed by atoms with van der Waals surface area (Å²) in [6.45, 7) is 2.91. The van der Waals surface area contributed by atoms with Gasteiger partial charge in [-0.2, -0.15) is 24.9 Å². The van der Waals surface area contributed by atoms with Gasteiger partial charge in [0, 0.05) is 35.6 Å². The minimum absolute atomic E-state index is 0.0507. The molecule has 2 heterocycles. The first kappa shape index (κ1) is 28.3. The predicted molar refractivity (Wildman–Crippen MR) is 135 cm³/mol. The third-order valence-electron chi connectivity index (χ3n) is 6.55. The number of aryl methyl sites for hydroxylation is 1. The van der Waals surface area contributed by atoms with Gasteiger partial charge in [-0.1, -0.05) is 12.8 Å². The number of benzene rings is 1. The lowest BCUT2D eigenvalue weighted by Gasteiger charge is -2.18. The second-order valence-electron chi connectivity index (χ2n) is 9.60. The zero-order valence-electron chi connectivity index (χ0n) is 20.5. The van der Waals surface area contributed by atoms with Crippen LogP contribution in [0, 0.1) is 12.8 Å². The molecule has 4 atom stereocenters. The number of alkyl halides is 3. The molecule has 0 aliphatic carbocycles. The number of rotatable bonds is 14. The summed E-state index contributed by atoms with van der Waals surface area (Å²) in [5.74, 6) is 0.576. The summed E-state index contributed by atoms with van der Waals surface area (Å²) < 4.78 is 38.8. The van der Waals surface area contributed by atoms with E-state index >= 15 is 0 Å². The number of nitrogens with one attached hydrogen (secondary N) is 4. The molecule has 36 heavy (non-hydrogen) atoms. The quantitative estimate of drug-likeness (QED) is 0.164. The molecule has 0 radical (unpaired) electrons. The van der Waals surface area contributed by atoms with E-state index in [1.165, 1.54) is 6.07 Å². The Kier molecular flexibility index (Phi) is 10.5. The maximum absolute atomic E-state index is 12.9. The molecule has 1 aromatic carbocycles. The van der Waals surface area contributed by atoms with Gasteiger partial charge in [0.2, 0.25) is 5.91 Å². The number of fused-ring (bicyclic) bond motifs is 1. The van der Waals surface area contributed by atoms with Gasteiger partial charge in [0.05, 0.1) is 17.6 Å². The second-order valence-corrected chi connectivity index (χ2v) is 10.9. The number of carbonyl (C=O) groups excluding carboxylic acids is 3. The van der Waals surface area contributed by atoms with Crippen LogP contribution in [0.25, 0.3) is 0 Å². The summed E-state index contributed by atoms with van der Waals surface area (Å²) in [6.07, 6.45) is 1.77. The van der Waals surface area contributed by atoms with Crippen LogP contribution in [-0.4, -0.2) is 54.4 Å². The van der Waals surface area contributed by atoms with E-state index in [2.05, 4.69) is 21.3 Å². The molecule has 11 heteroatoms. The lowest BCUT2D eigenvalue weighted by Crippen LogP contribution is -2.36. The van der Waals surface area contributed by atoms with Crippen LogP contribution in [0.2, 0.25) is 0 Å². The number of thioether (sulfide) groups is 1. The van der Waals surface area contributed by atoms with Crippen molar-refractivity contribution in [2.75, 3.05) is 24.2 Å². The molecule has 2 saturated heterocycles. The summed E-state index contributed by atoms with van der Waals surface area (Å²) in [7, 11) is 0. The molecule has 0 aromatic heterocycles. The number of aldehydes is 1. The summed E-state index contributed by atoms with van der Waals surface area (Å²) in [6, 6.07) is 3.84. The highest BCUT2D eigenvalue weighted by atomic mass is 32.2. The predicted octanol–water partition coefficient (Wildman–Crippen LogP) is 4.25. The Morgan fingerprint density at radius 3 is 2.75 bits per heavy atom. The van der Waals surface area contributed by atoms with Crippen LogP contribution in [0.1, 0.15) is 56.1 Å². The zero-order chi connectivity index (χ0) is 26.1. The van der Waals surface area contributed by atoms with Crippen LogP contribution in [-0.2, 0) is 15.8 Å². The number of hydrogen-bond donors (Lipinski definition) is 4. The third-order valence-corrected chi connectivity index (χ3v) is 8.06. The smallest absolute Gasteiger partial charge is 0.332 e. The largest absolute Gasteiger partial charge is 0.416 e. The van der Waals surface area contributed by atoms with E-state index in [0.717, 1.165) is 62.8 Å². The SMILES string of the molecule is Cc1cc(NC(=O)CCCCCNCC(C=O)CCCC2SCC3NC(=O)NC32)cc(C(F)(F)F)c1. The van der Waals surface area contributed by atoms with E-state index in [0.29, 0.717) is 23.8 Å². The van der Waals surface area contributed by atoms with E-state index in [9.17, 15) is 27.6 Å². The normalized spacial score (nSPS) is 22.0. The van der Waals surface area contributed by atoms with Crippen LogP contribution in [0.4, 0.5) is 23.7 Å². The molecule has 0 saturated carbocycles. The molecule has 200 valence electrons. The van der Waals surface area contributed by atoms with Crippen molar-refractivity contribution in [2.45, 2.75) is 75.4 Å². The first-order valence-corrected chi connectivity index (χ1v) is 13.5. The van der Waals surface area contributed by atoms with Gasteiger partial charge in [-0.3, -0.25) is 4.79 Å². The number of unbranched alkanes of at least 4 members (excludes halogenated alkanes) is 2. The van der Waals surface area contributed by atoms with Crippen molar-refractivity contribution in [3.8, 4) is 0 Å². The van der Waals surface area contributed by atoms with Gasteiger partial charge in [0.25, 0.3) is 0 Å². The summed E-state index contributed by atoms with van der Waals surface area (Å²) in [5, 5.41) is 12.2. The van der Waals surface area contributed by atoms with Gasteiger partial charge in [0.1, 0.15) is 6.29 Å². The molecule has 2 fully saturated rings. The van der Waals surface area contributed by atoms with Crippen LogP contribution < -0.4 is 21.3 Å². The van der Waals surface area contributed by atoms with Crippen molar-refractivity contribution >= 4 is 35.7 Å². The van der Waals surface area contributed by atoms with E-state index in [-0.39, 0.29) is 42.0 Å². The summed E-state index contributed by atoms with van der Waals surface area (Å²) in [5.41, 5.74) is -0.182. The van der Waals surface area contributed by atoms with Gasteiger partial charge in [-0.05, 0) is 62.9 Å². The number of hydrogen-bond acceptors (Lipinski definition) is 5. The number of urea groups is 1. The van der Waals surface area contributed by atoms with Crippen LogP contribution in [0.3, 0.4) is 0 Å². The minimum Gasteiger partial charge on any atom is -0.332 e. The lowest BCUT2D eigenvalue weighted by molar-refractivity contribution is -0.137. The monoisotopic (exact) mass is 528 g/mol. The van der Waals surface area contributed by atoms with Gasteiger partial charge < -0.3 is 26.1 Å². The first-order valence-electron chi connectivity index (χ1n) is 12.5. The Labute approximate surface area is 214 Å². The number of amides is 3. The summed E-state index contributed by atoms with van der Waals surface area (Å²) >= 11 is 1.87. The highest BCUT2D eigenvalue weighted by Crippen LogP contribution is 2.33. The molecule has 2 aliphatic rings. The second kappa shape index (κ2) is 13.3. The van der Waals surface area contributed by atoms with Crippen molar-refractivity contribution in [3.05, 3.63) is 29.3 Å². The van der Waals surface area contributed by atoms with E-state index in [1.807, 2.05) is 11.8 Å². The zero-order valence-corrected chi connectivity index (χ0v) is 21.3. The molecule has 1 aromatic rings. The summed E-state index contributed by atoms with van der Waals surface area (Å²) in [4.78, 5) is 35.0.